The summed E-state index contributed by atoms with van der Waals surface area (Å²) in [7, 11) is 0. The lowest BCUT2D eigenvalue weighted by atomic mass is 10.2. The van der Waals surface area contributed by atoms with Crippen molar-refractivity contribution in [1.82, 2.24) is 14.5 Å². The van der Waals surface area contributed by atoms with Crippen LogP contribution in [0.5, 0.6) is 0 Å². The van der Waals surface area contributed by atoms with Crippen LogP contribution in [0.25, 0.3) is 0 Å². The quantitative estimate of drug-likeness (QED) is 0.875. The Labute approximate surface area is 118 Å². The van der Waals surface area contributed by atoms with Crippen LogP contribution in [0.2, 0.25) is 0 Å². The molecule has 1 unspecified atom stereocenters. The third kappa shape index (κ3) is 3.35. The van der Waals surface area contributed by atoms with Crippen LogP contribution in [-0.4, -0.2) is 21.1 Å². The maximum absolute atomic E-state index is 4.59. The summed E-state index contributed by atoms with van der Waals surface area (Å²) in [5, 5.41) is 6.62. The lowest BCUT2D eigenvalue weighted by Crippen LogP contribution is -2.16. The summed E-state index contributed by atoms with van der Waals surface area (Å²) < 4.78 is 2.22. The Balaban J connectivity index is 2.27. The highest BCUT2D eigenvalue weighted by molar-refractivity contribution is 7.09. The van der Waals surface area contributed by atoms with Crippen molar-refractivity contribution < 1.29 is 0 Å². The van der Waals surface area contributed by atoms with E-state index in [-0.39, 0.29) is 6.04 Å². The molecule has 0 saturated heterocycles. The predicted octanol–water partition coefficient (Wildman–Crippen LogP) is 3.72. The highest BCUT2D eigenvalue weighted by Gasteiger charge is 2.18. The van der Waals surface area contributed by atoms with Gasteiger partial charge in [-0.15, -0.1) is 11.3 Å². The molecule has 1 atom stereocenters. The summed E-state index contributed by atoms with van der Waals surface area (Å²) in [4.78, 5) is 9.04. The van der Waals surface area contributed by atoms with Gasteiger partial charge in [0.05, 0.1) is 11.7 Å². The van der Waals surface area contributed by atoms with Gasteiger partial charge in [0.1, 0.15) is 5.01 Å². The Hall–Kier alpha value is -1.36. The second-order valence-electron chi connectivity index (χ2n) is 5.18. The first-order valence-corrected chi connectivity index (χ1v) is 7.68. The second-order valence-corrected chi connectivity index (χ2v) is 6.11. The Morgan fingerprint density at radius 1 is 1.42 bits per heavy atom. The normalized spacial score (nSPS) is 12.9. The highest BCUT2D eigenvalue weighted by Crippen LogP contribution is 2.27. The van der Waals surface area contributed by atoms with E-state index in [9.17, 15) is 0 Å². The third-order valence-corrected chi connectivity index (χ3v) is 3.86. The molecule has 0 radical (unpaired) electrons. The van der Waals surface area contributed by atoms with Crippen LogP contribution in [0.15, 0.2) is 17.8 Å². The average molecular weight is 278 g/mol. The van der Waals surface area contributed by atoms with Gasteiger partial charge in [-0.25, -0.2) is 9.97 Å². The number of thiazole rings is 1. The zero-order valence-corrected chi connectivity index (χ0v) is 12.9. The fourth-order valence-electron chi connectivity index (χ4n) is 2.07. The molecule has 19 heavy (non-hydrogen) atoms. The largest absolute Gasteiger partial charge is 0.355 e. The summed E-state index contributed by atoms with van der Waals surface area (Å²) in [5.41, 5.74) is 1.04. The van der Waals surface area contributed by atoms with Gasteiger partial charge in [0.2, 0.25) is 5.95 Å². The van der Waals surface area contributed by atoms with Crippen LogP contribution in [0.4, 0.5) is 5.95 Å². The van der Waals surface area contributed by atoms with Crippen molar-refractivity contribution in [3.05, 3.63) is 28.5 Å². The van der Waals surface area contributed by atoms with E-state index in [1.807, 2.05) is 18.5 Å². The molecule has 0 amide bonds. The molecule has 2 heterocycles. The summed E-state index contributed by atoms with van der Waals surface area (Å²) in [6.45, 7) is 9.56. The van der Waals surface area contributed by atoms with Gasteiger partial charge >= 0.3 is 0 Å². The first-order valence-electron chi connectivity index (χ1n) is 6.80. The Bertz CT molecular complexity index is 502. The summed E-state index contributed by atoms with van der Waals surface area (Å²) in [6.07, 6.45) is 4.99. The number of rotatable bonds is 6. The van der Waals surface area contributed by atoms with Crippen molar-refractivity contribution in [2.75, 3.05) is 11.9 Å². The van der Waals surface area contributed by atoms with Gasteiger partial charge in [-0.3, -0.25) is 0 Å². The fraction of sp³-hybridized carbons (Fsp3) is 0.571. The van der Waals surface area contributed by atoms with E-state index in [0.717, 1.165) is 29.6 Å². The van der Waals surface area contributed by atoms with Gasteiger partial charge in [0, 0.05) is 24.3 Å². The molecule has 0 aliphatic rings. The Morgan fingerprint density at radius 3 is 2.79 bits per heavy atom. The number of anilines is 1. The molecule has 2 aromatic heterocycles. The van der Waals surface area contributed by atoms with Gasteiger partial charge in [-0.2, -0.15) is 0 Å². The second kappa shape index (κ2) is 6.19. The standard InChI is InChI=1S/C14H22N4S/c1-5-12(13-15-6-7-19-13)18-9-11(4)17-14(18)16-8-10(2)3/h6-7,9-10,12H,5,8H2,1-4H3,(H,16,17). The monoisotopic (exact) mass is 278 g/mol. The molecule has 5 heteroatoms. The molecular formula is C14H22N4S. The maximum Gasteiger partial charge on any atom is 0.203 e. The molecule has 1 N–H and O–H groups in total. The van der Waals surface area contributed by atoms with Crippen molar-refractivity contribution >= 4 is 17.3 Å². The molecule has 2 aromatic rings. The zero-order chi connectivity index (χ0) is 13.8. The molecule has 0 fully saturated rings. The van der Waals surface area contributed by atoms with Crippen LogP contribution >= 0.6 is 11.3 Å². The van der Waals surface area contributed by atoms with Crippen LogP contribution in [0.1, 0.15) is 43.9 Å². The summed E-state index contributed by atoms with van der Waals surface area (Å²) >= 11 is 1.71. The lowest BCUT2D eigenvalue weighted by Gasteiger charge is -2.18. The first-order chi connectivity index (χ1) is 9.11. The number of nitrogens with one attached hydrogen (secondary N) is 1. The van der Waals surface area contributed by atoms with Gasteiger partial charge in [0.25, 0.3) is 0 Å². The van der Waals surface area contributed by atoms with Gasteiger partial charge < -0.3 is 9.88 Å². The molecule has 0 spiro atoms. The number of hydrogen-bond acceptors (Lipinski definition) is 4. The number of aromatic nitrogens is 3. The number of imidazole rings is 1. The minimum atomic E-state index is 0.274. The lowest BCUT2D eigenvalue weighted by molar-refractivity contribution is 0.563. The average Bonchev–Trinajstić information content (AvgIpc) is 2.98. The molecule has 0 bridgehead atoms. The van der Waals surface area contributed by atoms with E-state index in [1.54, 1.807) is 11.3 Å². The van der Waals surface area contributed by atoms with Gasteiger partial charge in [0.15, 0.2) is 0 Å². The van der Waals surface area contributed by atoms with E-state index in [1.165, 1.54) is 0 Å². The molecule has 0 saturated carbocycles. The first kappa shape index (κ1) is 14.1. The minimum Gasteiger partial charge on any atom is -0.355 e. The van der Waals surface area contributed by atoms with Crippen molar-refractivity contribution in [2.24, 2.45) is 5.92 Å². The Kier molecular flexibility index (Phi) is 4.58. The van der Waals surface area contributed by atoms with Crippen LogP contribution in [0.3, 0.4) is 0 Å². The van der Waals surface area contributed by atoms with Gasteiger partial charge in [-0.1, -0.05) is 20.8 Å². The number of aryl methyl sites for hydroxylation is 1. The van der Waals surface area contributed by atoms with Crippen LogP contribution in [-0.2, 0) is 0 Å². The van der Waals surface area contributed by atoms with Crippen LogP contribution in [0, 0.1) is 12.8 Å². The summed E-state index contributed by atoms with van der Waals surface area (Å²) in [6, 6.07) is 0.274. The van der Waals surface area contributed by atoms with E-state index < -0.39 is 0 Å². The highest BCUT2D eigenvalue weighted by atomic mass is 32.1. The van der Waals surface area contributed by atoms with Crippen LogP contribution < -0.4 is 5.32 Å². The molecule has 0 aliphatic carbocycles. The molecule has 0 aliphatic heterocycles. The van der Waals surface area contributed by atoms with E-state index in [2.05, 4.69) is 46.8 Å². The molecule has 2 rings (SSSR count). The predicted molar refractivity (Wildman–Crippen MR) is 80.8 cm³/mol. The molecule has 4 nitrogen and oxygen atoms in total. The fourth-order valence-corrected chi connectivity index (χ4v) is 2.89. The van der Waals surface area contributed by atoms with E-state index in [4.69, 9.17) is 0 Å². The SMILES string of the molecule is CCC(c1nccs1)n1cc(C)nc1NCC(C)C. The minimum absolute atomic E-state index is 0.274. The smallest absolute Gasteiger partial charge is 0.203 e. The van der Waals surface area contributed by atoms with E-state index in [0.29, 0.717) is 5.92 Å². The van der Waals surface area contributed by atoms with Crippen molar-refractivity contribution in [3.63, 3.8) is 0 Å². The van der Waals surface area contributed by atoms with Crippen molar-refractivity contribution in [2.45, 2.75) is 40.2 Å². The maximum atomic E-state index is 4.59. The zero-order valence-electron chi connectivity index (χ0n) is 12.1. The number of nitrogens with zero attached hydrogens (tertiary/aromatic N) is 3. The topological polar surface area (TPSA) is 42.7 Å². The molecular weight excluding hydrogens is 256 g/mol. The van der Waals surface area contributed by atoms with Gasteiger partial charge in [-0.05, 0) is 19.3 Å². The number of hydrogen-bond donors (Lipinski definition) is 1. The molecule has 0 aromatic carbocycles. The summed E-state index contributed by atoms with van der Waals surface area (Å²) in [5.74, 6) is 1.55. The third-order valence-electron chi connectivity index (χ3n) is 2.98. The van der Waals surface area contributed by atoms with Crippen molar-refractivity contribution in [1.29, 1.82) is 0 Å². The Morgan fingerprint density at radius 2 is 2.21 bits per heavy atom. The molecule has 104 valence electrons. The van der Waals surface area contributed by atoms with E-state index >= 15 is 0 Å². The van der Waals surface area contributed by atoms with Crippen molar-refractivity contribution in [3.8, 4) is 0 Å².